The standard InChI is InChI=1S/C26H28N4O3/c31-26(21-8-10-22(11-9-21)33-19-23-7-4-18-32-23)30-16-14-29(15-17-30)24-12-13-27-25(28-24)20-5-2-1-3-6-20/h1-3,5-6,8-13,23H,4,7,14-19H2. The van der Waals surface area contributed by atoms with E-state index in [1.165, 1.54) is 0 Å². The number of aromatic nitrogens is 2. The molecule has 0 radical (unpaired) electrons. The van der Waals surface area contributed by atoms with Crippen molar-refractivity contribution in [2.24, 2.45) is 0 Å². The molecule has 5 rings (SSSR count). The third-order valence-corrected chi connectivity index (χ3v) is 6.12. The van der Waals surface area contributed by atoms with Crippen LogP contribution in [-0.2, 0) is 4.74 Å². The van der Waals surface area contributed by atoms with E-state index in [9.17, 15) is 4.79 Å². The summed E-state index contributed by atoms with van der Waals surface area (Å²) in [6, 6.07) is 19.3. The Labute approximate surface area is 194 Å². The average Bonchev–Trinajstić information content (AvgIpc) is 3.42. The Bertz CT molecular complexity index is 1060. The second-order valence-corrected chi connectivity index (χ2v) is 8.35. The lowest BCUT2D eigenvalue weighted by atomic mass is 10.1. The van der Waals surface area contributed by atoms with Gasteiger partial charge in [0, 0.05) is 50.1 Å². The van der Waals surface area contributed by atoms with Crippen molar-refractivity contribution >= 4 is 11.7 Å². The number of amides is 1. The van der Waals surface area contributed by atoms with Crippen molar-refractivity contribution in [1.82, 2.24) is 14.9 Å². The van der Waals surface area contributed by atoms with Crippen LogP contribution in [0.2, 0.25) is 0 Å². The molecule has 1 aromatic heterocycles. The first-order chi connectivity index (χ1) is 16.3. The minimum Gasteiger partial charge on any atom is -0.491 e. The number of carbonyl (C=O) groups excluding carboxylic acids is 1. The van der Waals surface area contributed by atoms with Gasteiger partial charge in [0.2, 0.25) is 0 Å². The molecule has 0 N–H and O–H groups in total. The summed E-state index contributed by atoms with van der Waals surface area (Å²) in [5, 5.41) is 0. The molecule has 0 saturated carbocycles. The Hall–Kier alpha value is -3.45. The highest BCUT2D eigenvalue weighted by atomic mass is 16.5. The van der Waals surface area contributed by atoms with E-state index in [0.717, 1.165) is 49.7 Å². The van der Waals surface area contributed by atoms with Crippen LogP contribution >= 0.6 is 0 Å². The molecule has 7 nitrogen and oxygen atoms in total. The molecule has 1 atom stereocenters. The van der Waals surface area contributed by atoms with Gasteiger partial charge in [0.15, 0.2) is 5.82 Å². The van der Waals surface area contributed by atoms with Gasteiger partial charge in [-0.15, -0.1) is 0 Å². The van der Waals surface area contributed by atoms with Crippen molar-refractivity contribution in [2.75, 3.05) is 44.3 Å². The van der Waals surface area contributed by atoms with E-state index in [0.29, 0.717) is 31.1 Å². The summed E-state index contributed by atoms with van der Waals surface area (Å²) >= 11 is 0. The molecule has 3 aromatic rings. The summed E-state index contributed by atoms with van der Waals surface area (Å²) in [5.74, 6) is 2.43. The molecular formula is C26H28N4O3. The van der Waals surface area contributed by atoms with Crippen LogP contribution in [0.3, 0.4) is 0 Å². The molecule has 1 amide bonds. The molecule has 170 valence electrons. The highest BCUT2D eigenvalue weighted by Gasteiger charge is 2.23. The van der Waals surface area contributed by atoms with E-state index >= 15 is 0 Å². The second-order valence-electron chi connectivity index (χ2n) is 8.35. The summed E-state index contributed by atoms with van der Waals surface area (Å²) in [4.78, 5) is 26.2. The topological polar surface area (TPSA) is 67.8 Å². The van der Waals surface area contributed by atoms with Gasteiger partial charge in [-0.05, 0) is 43.2 Å². The first-order valence-corrected chi connectivity index (χ1v) is 11.5. The van der Waals surface area contributed by atoms with Gasteiger partial charge in [0.25, 0.3) is 5.91 Å². The smallest absolute Gasteiger partial charge is 0.253 e. The number of carbonyl (C=O) groups is 1. The minimum atomic E-state index is 0.0491. The van der Waals surface area contributed by atoms with Gasteiger partial charge in [-0.2, -0.15) is 0 Å². The highest BCUT2D eigenvalue weighted by molar-refractivity contribution is 5.94. The molecule has 1 unspecified atom stereocenters. The Morgan fingerprint density at radius 1 is 1.00 bits per heavy atom. The lowest BCUT2D eigenvalue weighted by molar-refractivity contribution is 0.0678. The van der Waals surface area contributed by atoms with Gasteiger partial charge in [0.05, 0.1) is 6.10 Å². The maximum absolute atomic E-state index is 13.0. The number of hydrogen-bond donors (Lipinski definition) is 0. The van der Waals surface area contributed by atoms with Gasteiger partial charge in [-0.1, -0.05) is 30.3 Å². The molecule has 7 heteroatoms. The monoisotopic (exact) mass is 444 g/mol. The highest BCUT2D eigenvalue weighted by Crippen LogP contribution is 2.21. The first kappa shape index (κ1) is 21.4. The summed E-state index contributed by atoms with van der Waals surface area (Å²) in [5.41, 5.74) is 1.68. The second kappa shape index (κ2) is 10.0. The van der Waals surface area contributed by atoms with Crippen LogP contribution in [0.25, 0.3) is 11.4 Å². The van der Waals surface area contributed by atoms with E-state index in [1.807, 2.05) is 65.6 Å². The van der Waals surface area contributed by atoms with Crippen molar-refractivity contribution in [3.8, 4) is 17.1 Å². The molecule has 2 fully saturated rings. The van der Waals surface area contributed by atoms with Crippen LogP contribution in [0, 0.1) is 0 Å². The molecule has 0 spiro atoms. The van der Waals surface area contributed by atoms with Gasteiger partial charge in [-0.3, -0.25) is 4.79 Å². The number of hydrogen-bond acceptors (Lipinski definition) is 6. The predicted octanol–water partition coefficient (Wildman–Crippen LogP) is 3.66. The van der Waals surface area contributed by atoms with Crippen LogP contribution in [0.4, 0.5) is 5.82 Å². The van der Waals surface area contributed by atoms with Gasteiger partial charge < -0.3 is 19.3 Å². The largest absolute Gasteiger partial charge is 0.491 e. The zero-order valence-corrected chi connectivity index (χ0v) is 18.6. The van der Waals surface area contributed by atoms with Crippen molar-refractivity contribution in [2.45, 2.75) is 18.9 Å². The SMILES string of the molecule is O=C(c1ccc(OCC2CCCO2)cc1)N1CCN(c2ccnc(-c3ccccc3)n2)CC1. The number of nitrogens with zero attached hydrogens (tertiary/aromatic N) is 4. The predicted molar refractivity (Wildman–Crippen MR) is 126 cm³/mol. The Kier molecular flexibility index (Phi) is 6.48. The normalized spacial score (nSPS) is 18.4. The van der Waals surface area contributed by atoms with E-state index < -0.39 is 0 Å². The zero-order chi connectivity index (χ0) is 22.5. The first-order valence-electron chi connectivity index (χ1n) is 11.5. The summed E-state index contributed by atoms with van der Waals surface area (Å²) < 4.78 is 11.4. The molecule has 2 aliphatic heterocycles. The molecule has 2 saturated heterocycles. The third-order valence-electron chi connectivity index (χ3n) is 6.12. The third kappa shape index (κ3) is 5.14. The van der Waals surface area contributed by atoms with E-state index in [1.54, 1.807) is 6.20 Å². The van der Waals surface area contributed by atoms with Crippen LogP contribution < -0.4 is 9.64 Å². The molecule has 2 aliphatic rings. The number of benzene rings is 2. The van der Waals surface area contributed by atoms with Crippen molar-refractivity contribution in [3.63, 3.8) is 0 Å². The van der Waals surface area contributed by atoms with Gasteiger partial charge in [0.1, 0.15) is 18.2 Å². The zero-order valence-electron chi connectivity index (χ0n) is 18.6. The fourth-order valence-electron chi connectivity index (χ4n) is 4.23. The Morgan fingerprint density at radius 3 is 2.52 bits per heavy atom. The average molecular weight is 445 g/mol. The molecule has 33 heavy (non-hydrogen) atoms. The summed E-state index contributed by atoms with van der Waals surface area (Å²) in [6.45, 7) is 4.16. The fraction of sp³-hybridized carbons (Fsp3) is 0.346. The summed E-state index contributed by atoms with van der Waals surface area (Å²) in [6.07, 6.45) is 4.12. The van der Waals surface area contributed by atoms with E-state index in [2.05, 4.69) is 9.88 Å². The van der Waals surface area contributed by atoms with Gasteiger partial charge >= 0.3 is 0 Å². The van der Waals surface area contributed by atoms with Crippen molar-refractivity contribution < 1.29 is 14.3 Å². The quantitative estimate of drug-likeness (QED) is 0.578. The van der Waals surface area contributed by atoms with Crippen LogP contribution in [0.1, 0.15) is 23.2 Å². The molecular weight excluding hydrogens is 416 g/mol. The maximum atomic E-state index is 13.0. The lowest BCUT2D eigenvalue weighted by Gasteiger charge is -2.35. The van der Waals surface area contributed by atoms with Crippen LogP contribution in [0.15, 0.2) is 66.9 Å². The van der Waals surface area contributed by atoms with Crippen LogP contribution in [-0.4, -0.2) is 66.3 Å². The maximum Gasteiger partial charge on any atom is 0.253 e. The Balaban J connectivity index is 1.16. The van der Waals surface area contributed by atoms with Crippen molar-refractivity contribution in [1.29, 1.82) is 0 Å². The molecule has 2 aromatic carbocycles. The van der Waals surface area contributed by atoms with Crippen LogP contribution in [0.5, 0.6) is 5.75 Å². The lowest BCUT2D eigenvalue weighted by Crippen LogP contribution is -2.49. The summed E-state index contributed by atoms with van der Waals surface area (Å²) in [7, 11) is 0. The number of ether oxygens (including phenoxy) is 2. The number of piperazine rings is 1. The fourth-order valence-corrected chi connectivity index (χ4v) is 4.23. The number of rotatable bonds is 6. The molecule has 3 heterocycles. The Morgan fingerprint density at radius 2 is 1.79 bits per heavy atom. The molecule has 0 bridgehead atoms. The molecule has 0 aliphatic carbocycles. The van der Waals surface area contributed by atoms with Crippen molar-refractivity contribution in [3.05, 3.63) is 72.4 Å². The number of anilines is 1. The van der Waals surface area contributed by atoms with E-state index in [-0.39, 0.29) is 12.0 Å². The van der Waals surface area contributed by atoms with Gasteiger partial charge in [-0.25, -0.2) is 9.97 Å². The minimum absolute atomic E-state index is 0.0491. The van der Waals surface area contributed by atoms with E-state index in [4.69, 9.17) is 14.5 Å².